The molecule has 1 amide bonds. The van der Waals surface area contributed by atoms with Crippen LogP contribution in [-0.2, 0) is 4.79 Å². The van der Waals surface area contributed by atoms with Gasteiger partial charge in [-0.15, -0.1) is 0 Å². The minimum atomic E-state index is 0.136. The highest BCUT2D eigenvalue weighted by Crippen LogP contribution is 2.32. The van der Waals surface area contributed by atoms with Crippen molar-refractivity contribution in [1.82, 2.24) is 4.90 Å². The first-order chi connectivity index (χ1) is 10.7. The second kappa shape index (κ2) is 8.06. The molecule has 0 bridgehead atoms. The van der Waals surface area contributed by atoms with Crippen molar-refractivity contribution in [2.75, 3.05) is 27.3 Å². The van der Waals surface area contributed by atoms with Crippen molar-refractivity contribution in [1.29, 1.82) is 0 Å². The molecule has 1 unspecified atom stereocenters. The Balaban J connectivity index is 2.04. The molecule has 0 aromatic heterocycles. The number of carbonyl (C=O) groups excluding carboxylic acids is 1. The summed E-state index contributed by atoms with van der Waals surface area (Å²) in [7, 11) is 3.29. The van der Waals surface area contributed by atoms with Crippen LogP contribution in [0.15, 0.2) is 18.2 Å². The summed E-state index contributed by atoms with van der Waals surface area (Å²) in [5, 5.41) is 0. The van der Waals surface area contributed by atoms with Crippen LogP contribution in [0.4, 0.5) is 0 Å². The lowest BCUT2D eigenvalue weighted by molar-refractivity contribution is -0.131. The van der Waals surface area contributed by atoms with Crippen LogP contribution in [0.25, 0.3) is 0 Å². The lowest BCUT2D eigenvalue weighted by atomic mass is 9.96. The van der Waals surface area contributed by atoms with Crippen molar-refractivity contribution < 1.29 is 14.3 Å². The fraction of sp³-hybridized carbons (Fsp3) is 0.611. The van der Waals surface area contributed by atoms with Crippen molar-refractivity contribution >= 4 is 5.91 Å². The van der Waals surface area contributed by atoms with E-state index in [-0.39, 0.29) is 11.8 Å². The standard InChI is InChI=1S/C18H27NO3/c1-14(12-18(20)19-10-6-4-5-7-11-19)16-9-8-15(21-2)13-17(16)22-3/h8-9,13-14H,4-7,10-12H2,1-3H3. The van der Waals surface area contributed by atoms with Crippen LogP contribution in [0.5, 0.6) is 11.5 Å². The molecule has 1 saturated heterocycles. The SMILES string of the molecule is COc1ccc(C(C)CC(=O)N2CCCCCC2)c(OC)c1. The Hall–Kier alpha value is -1.71. The maximum Gasteiger partial charge on any atom is 0.223 e. The molecule has 1 fully saturated rings. The number of amides is 1. The lowest BCUT2D eigenvalue weighted by Gasteiger charge is -2.23. The number of benzene rings is 1. The Morgan fingerprint density at radius 1 is 1.14 bits per heavy atom. The molecule has 0 spiro atoms. The molecular formula is C18H27NO3. The first kappa shape index (κ1) is 16.7. The second-order valence-electron chi connectivity index (χ2n) is 6.01. The number of rotatable bonds is 5. The zero-order valence-electron chi connectivity index (χ0n) is 13.9. The molecule has 1 atom stereocenters. The lowest BCUT2D eigenvalue weighted by Crippen LogP contribution is -2.32. The summed E-state index contributed by atoms with van der Waals surface area (Å²) >= 11 is 0. The van der Waals surface area contributed by atoms with Crippen molar-refractivity contribution in [3.05, 3.63) is 23.8 Å². The van der Waals surface area contributed by atoms with Gasteiger partial charge in [-0.3, -0.25) is 4.79 Å². The normalized spacial score (nSPS) is 16.8. The molecule has 1 heterocycles. The molecule has 1 aliphatic heterocycles. The van der Waals surface area contributed by atoms with Crippen molar-refractivity contribution in [3.8, 4) is 11.5 Å². The van der Waals surface area contributed by atoms with E-state index in [2.05, 4.69) is 6.92 Å². The number of hydrogen-bond donors (Lipinski definition) is 0. The van der Waals surface area contributed by atoms with Gasteiger partial charge in [0.2, 0.25) is 5.91 Å². The van der Waals surface area contributed by atoms with E-state index in [9.17, 15) is 4.79 Å². The summed E-state index contributed by atoms with van der Waals surface area (Å²) in [6, 6.07) is 5.80. The Labute approximate surface area is 133 Å². The van der Waals surface area contributed by atoms with Gasteiger partial charge < -0.3 is 14.4 Å². The maximum absolute atomic E-state index is 12.5. The third-order valence-corrected chi connectivity index (χ3v) is 4.41. The van der Waals surface area contributed by atoms with Crippen LogP contribution in [0.2, 0.25) is 0 Å². The van der Waals surface area contributed by atoms with Crippen LogP contribution in [0.1, 0.15) is 50.5 Å². The minimum absolute atomic E-state index is 0.136. The topological polar surface area (TPSA) is 38.8 Å². The second-order valence-corrected chi connectivity index (χ2v) is 6.01. The van der Waals surface area contributed by atoms with E-state index >= 15 is 0 Å². The maximum atomic E-state index is 12.5. The predicted octanol–water partition coefficient (Wildman–Crippen LogP) is 3.60. The molecule has 0 aliphatic carbocycles. The van der Waals surface area contributed by atoms with Gasteiger partial charge in [0.15, 0.2) is 0 Å². The van der Waals surface area contributed by atoms with Gasteiger partial charge in [0, 0.05) is 25.6 Å². The molecule has 0 saturated carbocycles. The van der Waals surface area contributed by atoms with E-state index in [1.807, 2.05) is 23.1 Å². The van der Waals surface area contributed by atoms with E-state index < -0.39 is 0 Å². The summed E-state index contributed by atoms with van der Waals surface area (Å²) in [5.74, 6) is 1.95. The fourth-order valence-electron chi connectivity index (χ4n) is 3.05. The number of methoxy groups -OCH3 is 2. The largest absolute Gasteiger partial charge is 0.497 e. The molecule has 4 nitrogen and oxygen atoms in total. The predicted molar refractivity (Wildman–Crippen MR) is 87.6 cm³/mol. The minimum Gasteiger partial charge on any atom is -0.497 e. The van der Waals surface area contributed by atoms with Gasteiger partial charge in [0.05, 0.1) is 14.2 Å². The van der Waals surface area contributed by atoms with E-state index in [1.54, 1.807) is 14.2 Å². The molecule has 22 heavy (non-hydrogen) atoms. The zero-order chi connectivity index (χ0) is 15.9. The number of likely N-dealkylation sites (tertiary alicyclic amines) is 1. The van der Waals surface area contributed by atoms with Crippen LogP contribution >= 0.6 is 0 Å². The smallest absolute Gasteiger partial charge is 0.223 e. The van der Waals surface area contributed by atoms with E-state index in [1.165, 1.54) is 12.8 Å². The monoisotopic (exact) mass is 305 g/mol. The molecule has 4 heteroatoms. The van der Waals surface area contributed by atoms with Crippen LogP contribution < -0.4 is 9.47 Å². The quantitative estimate of drug-likeness (QED) is 0.834. The highest BCUT2D eigenvalue weighted by Gasteiger charge is 2.21. The summed E-state index contributed by atoms with van der Waals surface area (Å²) in [6.07, 6.45) is 5.28. The molecule has 1 aromatic carbocycles. The van der Waals surface area contributed by atoms with Gasteiger partial charge in [-0.05, 0) is 30.4 Å². The Kier molecular flexibility index (Phi) is 6.10. The molecule has 2 rings (SSSR count). The summed E-state index contributed by atoms with van der Waals surface area (Å²) < 4.78 is 10.7. The molecule has 0 radical (unpaired) electrons. The Bertz CT molecular complexity index is 493. The van der Waals surface area contributed by atoms with Crippen molar-refractivity contribution in [2.24, 2.45) is 0 Å². The summed E-state index contributed by atoms with van der Waals surface area (Å²) in [5.41, 5.74) is 1.06. The van der Waals surface area contributed by atoms with Gasteiger partial charge >= 0.3 is 0 Å². The highest BCUT2D eigenvalue weighted by atomic mass is 16.5. The number of nitrogens with zero attached hydrogens (tertiary/aromatic N) is 1. The van der Waals surface area contributed by atoms with Gasteiger partial charge in [0.1, 0.15) is 11.5 Å². The van der Waals surface area contributed by atoms with Crippen molar-refractivity contribution in [3.63, 3.8) is 0 Å². The van der Waals surface area contributed by atoms with E-state index in [0.717, 1.165) is 43.0 Å². The van der Waals surface area contributed by atoms with Gasteiger partial charge in [-0.25, -0.2) is 0 Å². The molecular weight excluding hydrogens is 278 g/mol. The molecule has 122 valence electrons. The van der Waals surface area contributed by atoms with Crippen LogP contribution in [0.3, 0.4) is 0 Å². The molecule has 1 aromatic rings. The first-order valence-electron chi connectivity index (χ1n) is 8.15. The van der Waals surface area contributed by atoms with Gasteiger partial charge in [-0.1, -0.05) is 25.8 Å². The molecule has 1 aliphatic rings. The highest BCUT2D eigenvalue weighted by molar-refractivity contribution is 5.77. The Morgan fingerprint density at radius 2 is 1.82 bits per heavy atom. The number of hydrogen-bond acceptors (Lipinski definition) is 3. The fourth-order valence-corrected chi connectivity index (χ4v) is 3.05. The first-order valence-corrected chi connectivity index (χ1v) is 8.15. The number of carbonyl (C=O) groups is 1. The van der Waals surface area contributed by atoms with Gasteiger partial charge in [0.25, 0.3) is 0 Å². The summed E-state index contributed by atoms with van der Waals surface area (Å²) in [4.78, 5) is 14.5. The molecule has 0 N–H and O–H groups in total. The van der Waals surface area contributed by atoms with Crippen molar-refractivity contribution in [2.45, 2.75) is 44.9 Å². The van der Waals surface area contributed by atoms with E-state index in [0.29, 0.717) is 6.42 Å². The van der Waals surface area contributed by atoms with Crippen LogP contribution in [0, 0.1) is 0 Å². The average molecular weight is 305 g/mol. The third kappa shape index (κ3) is 4.15. The van der Waals surface area contributed by atoms with Gasteiger partial charge in [-0.2, -0.15) is 0 Å². The number of ether oxygens (including phenoxy) is 2. The Morgan fingerprint density at radius 3 is 2.41 bits per heavy atom. The van der Waals surface area contributed by atoms with Crippen LogP contribution in [-0.4, -0.2) is 38.1 Å². The third-order valence-electron chi connectivity index (χ3n) is 4.41. The average Bonchev–Trinajstić information content (AvgIpc) is 2.83. The summed E-state index contributed by atoms with van der Waals surface area (Å²) in [6.45, 7) is 3.90. The zero-order valence-corrected chi connectivity index (χ0v) is 13.9. The van der Waals surface area contributed by atoms with E-state index in [4.69, 9.17) is 9.47 Å².